The van der Waals surface area contributed by atoms with Gasteiger partial charge in [-0.2, -0.15) is 0 Å². The van der Waals surface area contributed by atoms with Gasteiger partial charge in [-0.15, -0.1) is 40.8 Å². The molecule has 0 atom stereocenters. The number of aromatic nitrogens is 3. The molecule has 1 radical (unpaired) electrons. The van der Waals surface area contributed by atoms with Gasteiger partial charge in [0.15, 0.2) is 0 Å². The number of nitrogens with zero attached hydrogens (tertiary/aromatic N) is 3. The monoisotopic (exact) mass is 998 g/mol. The van der Waals surface area contributed by atoms with Crippen molar-refractivity contribution in [3.05, 3.63) is 222 Å². The Kier molecular flexibility index (Phi) is 9.67. The number of para-hydroxylation sites is 2. The second kappa shape index (κ2) is 17.7. The van der Waals surface area contributed by atoms with E-state index < -0.39 is 13.7 Å². The number of rotatable bonds is 6. The summed E-state index contributed by atoms with van der Waals surface area (Å²) in [6.45, 7) is -2.15. The van der Waals surface area contributed by atoms with Crippen molar-refractivity contribution < 1.29 is 28.3 Å². The zero-order valence-corrected chi connectivity index (χ0v) is 36.8. The minimum absolute atomic E-state index is 0. The van der Waals surface area contributed by atoms with E-state index >= 15 is 0 Å². The first-order valence-corrected chi connectivity index (χ1v) is 20.9. The van der Waals surface area contributed by atoms with Crippen LogP contribution < -0.4 is 0 Å². The predicted molar refractivity (Wildman–Crippen MR) is 257 cm³/mol. The third-order valence-electron chi connectivity index (χ3n) is 10.9. The van der Waals surface area contributed by atoms with Gasteiger partial charge in [0.2, 0.25) is 0 Å². The van der Waals surface area contributed by atoms with Gasteiger partial charge in [0.25, 0.3) is 0 Å². The summed E-state index contributed by atoms with van der Waals surface area (Å²) in [6, 6.07) is 67.0. The molecule has 3 aromatic heterocycles. The van der Waals surface area contributed by atoms with Gasteiger partial charge >= 0.3 is 0 Å². The van der Waals surface area contributed by atoms with Crippen molar-refractivity contribution in [2.24, 2.45) is 0 Å². The van der Waals surface area contributed by atoms with Crippen molar-refractivity contribution >= 4 is 43.2 Å². The molecule has 0 aliphatic heterocycles. The predicted octanol–water partition coefficient (Wildman–Crippen LogP) is 15.3. The van der Waals surface area contributed by atoms with Crippen LogP contribution in [0, 0.1) is 32.1 Å². The Labute approximate surface area is 388 Å². The topological polar surface area (TPSA) is 30.7 Å². The van der Waals surface area contributed by atoms with Crippen LogP contribution in [-0.2, 0) is 20.1 Å². The van der Waals surface area contributed by atoms with Crippen LogP contribution in [-0.4, -0.2) is 14.5 Å². The Hall–Kier alpha value is -6.75. The average Bonchev–Trinajstić information content (AvgIpc) is 3.95. The van der Waals surface area contributed by atoms with E-state index in [9.17, 15) is 0 Å². The van der Waals surface area contributed by atoms with E-state index in [1.165, 1.54) is 78.8 Å². The van der Waals surface area contributed by atoms with E-state index in [0.717, 1.165) is 33.5 Å². The number of benzene rings is 8. The Bertz CT molecular complexity index is 3430. The zero-order chi connectivity index (χ0) is 46.3. The number of fused-ring (bicyclic) bond motifs is 3. The van der Waals surface area contributed by atoms with E-state index in [-0.39, 0.29) is 31.2 Å². The van der Waals surface area contributed by atoms with Crippen molar-refractivity contribution in [3.63, 3.8) is 0 Å². The smallest absolute Gasteiger partial charge is 0.0774 e. The molecule has 301 valence electrons. The van der Waals surface area contributed by atoms with Gasteiger partial charge in [0.05, 0.1) is 22.5 Å². The summed E-state index contributed by atoms with van der Waals surface area (Å²) < 4.78 is 47.2. The minimum atomic E-state index is -2.18. The van der Waals surface area contributed by atoms with Gasteiger partial charge in [-0.3, -0.25) is 16.3 Å². The van der Waals surface area contributed by atoms with Crippen molar-refractivity contribution in [1.82, 2.24) is 14.5 Å². The van der Waals surface area contributed by atoms with Gasteiger partial charge in [-0.25, -0.2) is 0 Å². The number of thiophene rings is 1. The third-order valence-corrected chi connectivity index (χ3v) is 11.8. The minimum Gasteiger partial charge on any atom is -0.332 e. The Morgan fingerprint density at radius 1 is 0.581 bits per heavy atom. The molecular formula is C57H41IrN3S-2. The molecule has 0 aliphatic rings. The molecule has 0 unspecified atom stereocenters. The van der Waals surface area contributed by atoms with Crippen molar-refractivity contribution in [2.75, 3.05) is 0 Å². The summed E-state index contributed by atoms with van der Waals surface area (Å²) in [5.74, 6) is 0.895. The second-order valence-electron chi connectivity index (χ2n) is 15.0. The van der Waals surface area contributed by atoms with Gasteiger partial charge in [0, 0.05) is 45.7 Å². The Morgan fingerprint density at radius 3 is 1.94 bits per heavy atom. The molecule has 0 spiro atoms. The molecule has 0 fully saturated rings. The molecule has 0 bridgehead atoms. The largest absolute Gasteiger partial charge is 0.332 e. The van der Waals surface area contributed by atoms with Crippen LogP contribution >= 0.6 is 11.3 Å². The van der Waals surface area contributed by atoms with E-state index in [1.54, 1.807) is 23.5 Å². The molecule has 0 saturated heterocycles. The van der Waals surface area contributed by atoms with Gasteiger partial charge in [0.1, 0.15) is 0 Å². The summed E-state index contributed by atoms with van der Waals surface area (Å²) in [4.78, 5) is 9.43. The molecule has 5 heteroatoms. The third kappa shape index (κ3) is 8.07. The number of aryl methyl sites for hydroxylation is 3. The number of hydrogen-bond acceptors (Lipinski definition) is 3. The second-order valence-corrected chi connectivity index (χ2v) is 15.8. The molecular weight excluding hydrogens is 951 g/mol. The summed E-state index contributed by atoms with van der Waals surface area (Å²) >= 11 is 1.65. The van der Waals surface area contributed by atoms with Crippen LogP contribution in [0.25, 0.3) is 93.6 Å². The number of imidazole rings is 1. The van der Waals surface area contributed by atoms with Crippen LogP contribution in [0.2, 0.25) is 0 Å². The van der Waals surface area contributed by atoms with Crippen molar-refractivity contribution in [2.45, 2.75) is 20.6 Å². The first-order chi connectivity index (χ1) is 32.4. The van der Waals surface area contributed by atoms with Crippen LogP contribution in [0.3, 0.4) is 0 Å². The van der Waals surface area contributed by atoms with Gasteiger partial charge in [-0.1, -0.05) is 162 Å². The molecule has 3 heterocycles. The molecule has 3 nitrogen and oxygen atoms in total. The molecule has 11 rings (SSSR count). The summed E-state index contributed by atoms with van der Waals surface area (Å²) in [5, 5.41) is 7.35. The maximum Gasteiger partial charge on any atom is 0.0774 e. The Balaban J connectivity index is 0.000000232. The summed E-state index contributed by atoms with van der Waals surface area (Å²) in [5.41, 5.74) is 14.0. The SMILES string of the molecule is Cc1cc(-c2ccccc2)c(-n2c(-c3[c-]sc4ccc(-c5ccc6ccccc6c5)cc34)nc3ccccc32)c(-c2ccccc2)c1.[2H]C([2H])([2H])c1c[c-]c(-c2ccc(C([2H])([2H])[2H])cn2)cc1.[Ir]. The quantitative estimate of drug-likeness (QED) is 0.155. The maximum absolute atomic E-state index is 7.28. The van der Waals surface area contributed by atoms with Crippen LogP contribution in [0.5, 0.6) is 0 Å². The average molecular weight is 998 g/mol. The van der Waals surface area contributed by atoms with Crippen LogP contribution in [0.4, 0.5) is 0 Å². The maximum atomic E-state index is 7.28. The fourth-order valence-corrected chi connectivity index (χ4v) is 8.76. The zero-order valence-electron chi connectivity index (χ0n) is 39.6. The first kappa shape index (κ1) is 33.9. The van der Waals surface area contributed by atoms with Crippen LogP contribution in [0.15, 0.2) is 194 Å². The summed E-state index contributed by atoms with van der Waals surface area (Å²) in [6.07, 6.45) is 1.30. The molecule has 0 aliphatic carbocycles. The van der Waals surface area contributed by atoms with E-state index in [4.69, 9.17) is 13.2 Å². The van der Waals surface area contributed by atoms with E-state index in [2.05, 4.69) is 186 Å². The van der Waals surface area contributed by atoms with E-state index in [0.29, 0.717) is 11.3 Å². The first-order valence-electron chi connectivity index (χ1n) is 23.1. The fraction of sp³-hybridized carbons (Fsp3) is 0.0526. The molecule has 62 heavy (non-hydrogen) atoms. The van der Waals surface area contributed by atoms with Crippen molar-refractivity contribution in [3.8, 4) is 61.7 Å². The number of hydrogen-bond donors (Lipinski definition) is 0. The number of pyridine rings is 1. The van der Waals surface area contributed by atoms with Crippen LogP contribution in [0.1, 0.15) is 24.9 Å². The fourth-order valence-electron chi connectivity index (χ4n) is 7.94. The van der Waals surface area contributed by atoms with Gasteiger partial charge in [-0.05, 0) is 94.0 Å². The normalized spacial score (nSPS) is 12.9. The molecule has 0 amide bonds. The van der Waals surface area contributed by atoms with Crippen molar-refractivity contribution in [1.29, 1.82) is 0 Å². The van der Waals surface area contributed by atoms with E-state index in [1.807, 2.05) is 0 Å². The van der Waals surface area contributed by atoms with Gasteiger partial charge < -0.3 is 9.55 Å². The summed E-state index contributed by atoms with van der Waals surface area (Å²) in [7, 11) is 0. The molecule has 8 aromatic carbocycles. The molecule has 11 aromatic rings. The molecule has 0 N–H and O–H groups in total. The standard InChI is InChI=1S/C44H29N2S.C13H12N.Ir/c1-29-24-36(31-13-4-2-5-14-31)43(37(25-29)32-15-6-3-7-16-32)46-41-19-11-10-18-40(41)45-44(46)39-28-47-42-23-22-35(27-38(39)42)34-21-20-30-12-8-9-17-33(30)26-34;1-10-3-6-12(7-4-10)13-8-5-11(2)9-14-13;/h2-27H,1H3;3-6,8-9H,1-2H3;/q2*-1;/i;1D3,2D3;. The molecule has 0 saturated carbocycles. The Morgan fingerprint density at radius 2 is 1.24 bits per heavy atom.